The largest absolute Gasteiger partial charge is 0.573 e. The number of rotatable bonds is 4. The third-order valence-corrected chi connectivity index (χ3v) is 2.91. The molecule has 8 heteroatoms. The van der Waals surface area contributed by atoms with E-state index < -0.39 is 12.3 Å². The lowest BCUT2D eigenvalue weighted by atomic mass is 10.2. The van der Waals surface area contributed by atoms with Crippen LogP contribution in [-0.2, 0) is 4.79 Å². The van der Waals surface area contributed by atoms with Crippen molar-refractivity contribution in [3.8, 4) is 5.75 Å². The molecule has 0 bridgehead atoms. The highest BCUT2D eigenvalue weighted by atomic mass is 32.1. The molecule has 110 valence electrons. The highest BCUT2D eigenvalue weighted by Gasteiger charge is 2.31. The van der Waals surface area contributed by atoms with Crippen LogP contribution in [0.25, 0.3) is 6.08 Å². The Balaban J connectivity index is 2.08. The number of para-hydroxylation sites is 1. The lowest BCUT2D eigenvalue weighted by Crippen LogP contribution is -2.17. The van der Waals surface area contributed by atoms with Gasteiger partial charge in [-0.15, -0.1) is 24.5 Å². The molecule has 0 aliphatic rings. The predicted molar refractivity (Wildman–Crippen MR) is 72.9 cm³/mol. The van der Waals surface area contributed by atoms with Crippen LogP contribution in [0.3, 0.4) is 0 Å². The molecule has 1 aromatic carbocycles. The van der Waals surface area contributed by atoms with Crippen molar-refractivity contribution in [3.05, 3.63) is 47.5 Å². The molecule has 21 heavy (non-hydrogen) atoms. The zero-order valence-corrected chi connectivity index (χ0v) is 11.2. The summed E-state index contributed by atoms with van der Waals surface area (Å²) < 4.78 is 40.6. The first kappa shape index (κ1) is 15.0. The average molecular weight is 314 g/mol. The van der Waals surface area contributed by atoms with Crippen molar-refractivity contribution in [1.29, 1.82) is 0 Å². The third kappa shape index (κ3) is 4.92. The summed E-state index contributed by atoms with van der Waals surface area (Å²) in [4.78, 5) is 15.4. The first-order valence-corrected chi connectivity index (χ1v) is 6.55. The summed E-state index contributed by atoms with van der Waals surface area (Å²) in [7, 11) is 0. The number of halogens is 3. The number of hydrogen-bond acceptors (Lipinski definition) is 4. The van der Waals surface area contributed by atoms with Crippen LogP contribution in [0.5, 0.6) is 5.75 Å². The van der Waals surface area contributed by atoms with Gasteiger partial charge in [-0.25, -0.2) is 4.98 Å². The van der Waals surface area contributed by atoms with Gasteiger partial charge in [0, 0.05) is 23.2 Å². The van der Waals surface area contributed by atoms with E-state index in [9.17, 15) is 18.0 Å². The van der Waals surface area contributed by atoms with Crippen LogP contribution in [0.15, 0.2) is 41.9 Å². The zero-order chi connectivity index (χ0) is 15.3. The summed E-state index contributed by atoms with van der Waals surface area (Å²) >= 11 is 1.23. The van der Waals surface area contributed by atoms with Crippen molar-refractivity contribution in [2.75, 3.05) is 5.32 Å². The van der Waals surface area contributed by atoms with Gasteiger partial charge in [0.2, 0.25) is 5.91 Å². The van der Waals surface area contributed by atoms with E-state index in [0.717, 1.165) is 6.08 Å². The fourth-order valence-electron chi connectivity index (χ4n) is 1.43. The van der Waals surface area contributed by atoms with E-state index >= 15 is 0 Å². The van der Waals surface area contributed by atoms with E-state index in [1.54, 1.807) is 11.4 Å². The van der Waals surface area contributed by atoms with Gasteiger partial charge in [0.25, 0.3) is 0 Å². The molecule has 1 heterocycles. The number of carbonyl (C=O) groups is 1. The van der Waals surface area contributed by atoms with Crippen molar-refractivity contribution >= 4 is 28.5 Å². The van der Waals surface area contributed by atoms with Crippen LogP contribution in [0, 0.1) is 0 Å². The van der Waals surface area contributed by atoms with Crippen LogP contribution < -0.4 is 10.1 Å². The van der Waals surface area contributed by atoms with E-state index in [4.69, 9.17) is 0 Å². The minimum Gasteiger partial charge on any atom is -0.405 e. The van der Waals surface area contributed by atoms with E-state index in [1.165, 1.54) is 41.8 Å². The number of thiazole rings is 1. The Kier molecular flexibility index (Phi) is 4.59. The van der Waals surface area contributed by atoms with E-state index in [2.05, 4.69) is 15.0 Å². The smallest absolute Gasteiger partial charge is 0.405 e. The van der Waals surface area contributed by atoms with Gasteiger partial charge in [0.05, 0.1) is 0 Å². The minimum atomic E-state index is -4.78. The molecule has 0 atom stereocenters. The van der Waals surface area contributed by atoms with Gasteiger partial charge < -0.3 is 4.74 Å². The monoisotopic (exact) mass is 314 g/mol. The number of anilines is 1. The Morgan fingerprint density at radius 3 is 2.76 bits per heavy atom. The second-order valence-corrected chi connectivity index (χ2v) is 4.64. The van der Waals surface area contributed by atoms with Crippen molar-refractivity contribution in [2.45, 2.75) is 6.36 Å². The number of carbonyl (C=O) groups excluding carboxylic acids is 1. The number of nitrogens with one attached hydrogen (secondary N) is 1. The molecule has 2 aromatic rings. The van der Waals surface area contributed by atoms with Gasteiger partial charge in [0.1, 0.15) is 5.75 Å². The molecule has 1 N–H and O–H groups in total. The van der Waals surface area contributed by atoms with Gasteiger partial charge >= 0.3 is 6.36 Å². The summed E-state index contributed by atoms with van der Waals surface area (Å²) in [6.07, 6.45) is -0.909. The molecule has 0 radical (unpaired) electrons. The number of aromatic nitrogens is 1. The lowest BCUT2D eigenvalue weighted by molar-refractivity contribution is -0.274. The molecule has 4 nitrogen and oxygen atoms in total. The summed E-state index contributed by atoms with van der Waals surface area (Å²) in [5, 5.41) is 4.57. The van der Waals surface area contributed by atoms with Gasteiger partial charge in [-0.05, 0) is 12.1 Å². The van der Waals surface area contributed by atoms with E-state index in [-0.39, 0.29) is 11.3 Å². The summed E-state index contributed by atoms with van der Waals surface area (Å²) in [5.74, 6) is -0.866. The van der Waals surface area contributed by atoms with Gasteiger partial charge in [-0.2, -0.15) is 0 Å². The molecule has 0 unspecified atom stereocenters. The molecule has 1 aromatic heterocycles. The SMILES string of the molecule is O=C(/C=C/c1ccccc1OC(F)(F)F)Nc1nccs1. The quantitative estimate of drug-likeness (QED) is 0.876. The number of hydrogen-bond donors (Lipinski definition) is 1. The first-order valence-electron chi connectivity index (χ1n) is 5.67. The van der Waals surface area contributed by atoms with Gasteiger partial charge in [-0.3, -0.25) is 10.1 Å². The lowest BCUT2D eigenvalue weighted by Gasteiger charge is -2.10. The Morgan fingerprint density at radius 2 is 2.10 bits per heavy atom. The maximum atomic E-state index is 12.2. The summed E-state index contributed by atoms with van der Waals surface area (Å²) in [5.41, 5.74) is 0.143. The molecule has 0 spiro atoms. The van der Waals surface area contributed by atoms with Crippen LogP contribution in [0.4, 0.5) is 18.3 Å². The van der Waals surface area contributed by atoms with E-state index in [1.807, 2.05) is 0 Å². The molecule has 1 amide bonds. The maximum Gasteiger partial charge on any atom is 0.573 e. The third-order valence-electron chi connectivity index (χ3n) is 2.22. The number of alkyl halides is 3. The van der Waals surface area contributed by atoms with Crippen molar-refractivity contribution in [1.82, 2.24) is 4.98 Å². The molecule has 0 fully saturated rings. The normalized spacial score (nSPS) is 11.6. The van der Waals surface area contributed by atoms with Crippen LogP contribution in [0.2, 0.25) is 0 Å². The Morgan fingerprint density at radius 1 is 1.33 bits per heavy atom. The fourth-order valence-corrected chi connectivity index (χ4v) is 1.97. The minimum absolute atomic E-state index is 0.143. The average Bonchev–Trinajstić information content (AvgIpc) is 2.89. The number of benzene rings is 1. The van der Waals surface area contributed by atoms with Gasteiger partial charge in [0.15, 0.2) is 5.13 Å². The van der Waals surface area contributed by atoms with Crippen LogP contribution in [-0.4, -0.2) is 17.3 Å². The van der Waals surface area contributed by atoms with Crippen molar-refractivity contribution in [2.24, 2.45) is 0 Å². The van der Waals surface area contributed by atoms with Crippen LogP contribution >= 0.6 is 11.3 Å². The number of ether oxygens (including phenoxy) is 1. The molecule has 0 saturated heterocycles. The Hall–Kier alpha value is -2.35. The van der Waals surface area contributed by atoms with Crippen molar-refractivity contribution in [3.63, 3.8) is 0 Å². The molecule has 0 aliphatic carbocycles. The molecular weight excluding hydrogens is 305 g/mol. The van der Waals surface area contributed by atoms with E-state index in [0.29, 0.717) is 5.13 Å². The summed E-state index contributed by atoms with van der Waals surface area (Å²) in [6.45, 7) is 0. The van der Waals surface area contributed by atoms with Gasteiger partial charge in [-0.1, -0.05) is 18.2 Å². The first-order chi connectivity index (χ1) is 9.94. The number of amides is 1. The standard InChI is InChI=1S/C13H9F3N2O2S/c14-13(15,16)20-10-4-2-1-3-9(10)5-6-11(19)18-12-17-7-8-21-12/h1-8H,(H,17,18,19)/b6-5+. The van der Waals surface area contributed by atoms with Crippen LogP contribution in [0.1, 0.15) is 5.56 Å². The van der Waals surface area contributed by atoms with Crippen molar-refractivity contribution < 1.29 is 22.7 Å². The second kappa shape index (κ2) is 6.40. The zero-order valence-electron chi connectivity index (χ0n) is 10.4. The summed E-state index contributed by atoms with van der Waals surface area (Å²) in [6, 6.07) is 5.54. The number of nitrogens with zero attached hydrogens (tertiary/aromatic N) is 1. The molecular formula is C13H9F3N2O2S. The Labute approximate surface area is 121 Å². The highest BCUT2D eigenvalue weighted by molar-refractivity contribution is 7.13. The molecule has 0 saturated carbocycles. The fraction of sp³-hybridized carbons (Fsp3) is 0.0769. The predicted octanol–water partition coefficient (Wildman–Crippen LogP) is 3.69. The topological polar surface area (TPSA) is 51.2 Å². The molecule has 0 aliphatic heterocycles. The highest BCUT2D eigenvalue weighted by Crippen LogP contribution is 2.27. The Bertz CT molecular complexity index is 639. The second-order valence-electron chi connectivity index (χ2n) is 3.75. The molecule has 2 rings (SSSR count). The maximum absolute atomic E-state index is 12.2.